The number of benzene rings is 2. The molecule has 0 bridgehead atoms. The molecule has 3 nitrogen and oxygen atoms in total. The van der Waals surface area contributed by atoms with Crippen molar-refractivity contribution in [3.8, 4) is 0 Å². The number of allylic oxidation sites excluding steroid dienone is 2. The summed E-state index contributed by atoms with van der Waals surface area (Å²) < 4.78 is 0. The van der Waals surface area contributed by atoms with Crippen molar-refractivity contribution in [1.82, 2.24) is 0 Å². The van der Waals surface area contributed by atoms with Crippen LogP contribution >= 0.6 is 0 Å². The average molecular weight is 402 g/mol. The van der Waals surface area contributed by atoms with Crippen molar-refractivity contribution in [2.45, 2.75) is 51.9 Å². The molecule has 0 spiro atoms. The first-order valence-corrected chi connectivity index (χ1v) is 10.4. The summed E-state index contributed by atoms with van der Waals surface area (Å²) in [6.07, 6.45) is 5.54. The van der Waals surface area contributed by atoms with E-state index in [0.717, 1.165) is 22.3 Å². The Hall–Kier alpha value is -2.94. The van der Waals surface area contributed by atoms with Crippen molar-refractivity contribution >= 4 is 17.8 Å². The number of fused-ring (bicyclic) bond motifs is 1. The molecule has 0 saturated carbocycles. The van der Waals surface area contributed by atoms with E-state index in [0.29, 0.717) is 12.7 Å². The van der Waals surface area contributed by atoms with Crippen molar-refractivity contribution < 1.29 is 9.59 Å². The van der Waals surface area contributed by atoms with E-state index in [9.17, 15) is 9.59 Å². The standard InChI is InChI=1S/C27H31NO2/c1-17-13-23-24(27(5,6)12-11-26(23,3)4)15-22(17)18(2)20-9-7-19(8-10-20)14-21(16-29)25(28)30/h7-13,15-16,21H,2,14H2,1,3-6H3,(H2,28,30). The molecule has 1 atom stereocenters. The summed E-state index contributed by atoms with van der Waals surface area (Å²) in [6.45, 7) is 15.5. The second kappa shape index (κ2) is 7.71. The van der Waals surface area contributed by atoms with Crippen LogP contribution in [0.2, 0.25) is 0 Å². The van der Waals surface area contributed by atoms with Gasteiger partial charge in [0.1, 0.15) is 6.29 Å². The molecule has 0 aliphatic heterocycles. The maximum atomic E-state index is 11.3. The topological polar surface area (TPSA) is 60.2 Å². The molecule has 30 heavy (non-hydrogen) atoms. The van der Waals surface area contributed by atoms with Crippen LogP contribution in [-0.2, 0) is 26.8 Å². The van der Waals surface area contributed by atoms with Gasteiger partial charge in [0, 0.05) is 10.8 Å². The van der Waals surface area contributed by atoms with Crippen molar-refractivity contribution in [2.24, 2.45) is 11.7 Å². The summed E-state index contributed by atoms with van der Waals surface area (Å²) in [5.74, 6) is -1.39. The highest BCUT2D eigenvalue weighted by molar-refractivity contribution is 5.90. The zero-order valence-corrected chi connectivity index (χ0v) is 18.6. The second-order valence-electron chi connectivity index (χ2n) is 9.51. The quantitative estimate of drug-likeness (QED) is 0.419. The Labute approximate surface area is 179 Å². The van der Waals surface area contributed by atoms with Crippen LogP contribution in [0.5, 0.6) is 0 Å². The smallest absolute Gasteiger partial charge is 0.228 e. The third kappa shape index (κ3) is 4.02. The van der Waals surface area contributed by atoms with E-state index in [1.807, 2.05) is 24.3 Å². The Morgan fingerprint density at radius 3 is 2.07 bits per heavy atom. The average Bonchev–Trinajstić information content (AvgIpc) is 2.69. The molecule has 0 fully saturated rings. The van der Waals surface area contributed by atoms with Crippen LogP contribution in [-0.4, -0.2) is 12.2 Å². The Bertz CT molecular complexity index is 1040. The van der Waals surface area contributed by atoms with Gasteiger partial charge >= 0.3 is 0 Å². The first-order chi connectivity index (χ1) is 14.0. The number of aryl methyl sites for hydroxylation is 1. The Morgan fingerprint density at radius 1 is 1.03 bits per heavy atom. The number of rotatable bonds is 6. The Morgan fingerprint density at radius 2 is 1.57 bits per heavy atom. The van der Waals surface area contributed by atoms with Gasteiger partial charge < -0.3 is 10.5 Å². The zero-order chi connectivity index (χ0) is 22.3. The van der Waals surface area contributed by atoms with Gasteiger partial charge in [-0.05, 0) is 58.4 Å². The molecule has 2 aromatic carbocycles. The molecule has 0 saturated heterocycles. The van der Waals surface area contributed by atoms with Crippen LogP contribution in [0.4, 0.5) is 0 Å². The van der Waals surface area contributed by atoms with Gasteiger partial charge in [-0.15, -0.1) is 0 Å². The molecule has 1 amide bonds. The fourth-order valence-corrected chi connectivity index (χ4v) is 4.16. The number of hydrogen-bond donors (Lipinski definition) is 1. The first-order valence-electron chi connectivity index (χ1n) is 10.4. The minimum Gasteiger partial charge on any atom is -0.369 e. The van der Waals surface area contributed by atoms with Crippen LogP contribution in [0.3, 0.4) is 0 Å². The molecule has 3 rings (SSSR count). The van der Waals surface area contributed by atoms with E-state index in [1.165, 1.54) is 16.7 Å². The van der Waals surface area contributed by atoms with E-state index in [-0.39, 0.29) is 10.8 Å². The molecule has 1 unspecified atom stereocenters. The highest BCUT2D eigenvalue weighted by Crippen LogP contribution is 2.43. The molecule has 0 aromatic heterocycles. The maximum absolute atomic E-state index is 11.3. The van der Waals surface area contributed by atoms with Crippen molar-refractivity contribution in [2.75, 3.05) is 0 Å². The number of amides is 1. The van der Waals surface area contributed by atoms with Crippen LogP contribution in [0, 0.1) is 12.8 Å². The number of carbonyl (C=O) groups is 2. The number of primary amides is 1. The minimum atomic E-state index is -0.791. The predicted octanol–water partition coefficient (Wildman–Crippen LogP) is 5.02. The van der Waals surface area contributed by atoms with Gasteiger partial charge in [-0.2, -0.15) is 0 Å². The fourth-order valence-electron chi connectivity index (χ4n) is 4.16. The highest BCUT2D eigenvalue weighted by Gasteiger charge is 2.33. The summed E-state index contributed by atoms with van der Waals surface area (Å²) in [5.41, 5.74) is 13.2. The molecule has 0 radical (unpaired) electrons. The Balaban J connectivity index is 1.95. The molecule has 1 aliphatic rings. The lowest BCUT2D eigenvalue weighted by atomic mass is 9.67. The van der Waals surface area contributed by atoms with Gasteiger partial charge in [0.2, 0.25) is 5.91 Å². The van der Waals surface area contributed by atoms with Crippen LogP contribution in [0.1, 0.15) is 61.1 Å². The van der Waals surface area contributed by atoms with Crippen molar-refractivity contribution in [3.05, 3.63) is 88.5 Å². The van der Waals surface area contributed by atoms with Gasteiger partial charge in [-0.3, -0.25) is 4.79 Å². The lowest BCUT2D eigenvalue weighted by molar-refractivity contribution is -0.126. The fraction of sp³-hybridized carbons (Fsp3) is 0.333. The van der Waals surface area contributed by atoms with E-state index in [4.69, 9.17) is 5.73 Å². The summed E-state index contributed by atoms with van der Waals surface area (Å²) in [4.78, 5) is 22.4. The third-order valence-electron chi connectivity index (χ3n) is 6.28. The predicted molar refractivity (Wildman–Crippen MR) is 123 cm³/mol. The molecular weight excluding hydrogens is 370 g/mol. The van der Waals surface area contributed by atoms with Crippen molar-refractivity contribution in [1.29, 1.82) is 0 Å². The number of hydrogen-bond acceptors (Lipinski definition) is 2. The lowest BCUT2D eigenvalue weighted by Gasteiger charge is -2.37. The summed E-state index contributed by atoms with van der Waals surface area (Å²) in [5, 5.41) is 0. The van der Waals surface area contributed by atoms with Crippen molar-refractivity contribution in [3.63, 3.8) is 0 Å². The van der Waals surface area contributed by atoms with E-state index in [1.54, 1.807) is 0 Å². The van der Waals surface area contributed by atoms with Gasteiger partial charge in [0.25, 0.3) is 0 Å². The molecule has 0 heterocycles. The lowest BCUT2D eigenvalue weighted by Crippen LogP contribution is -2.29. The molecule has 1 aliphatic carbocycles. The van der Waals surface area contributed by atoms with Crippen LogP contribution in [0.15, 0.2) is 55.1 Å². The van der Waals surface area contributed by atoms with Gasteiger partial charge in [-0.25, -0.2) is 0 Å². The summed E-state index contributed by atoms with van der Waals surface area (Å²) >= 11 is 0. The van der Waals surface area contributed by atoms with Gasteiger partial charge in [0.05, 0.1) is 5.92 Å². The number of nitrogens with two attached hydrogens (primary N) is 1. The second-order valence-corrected chi connectivity index (χ2v) is 9.51. The normalized spacial score (nSPS) is 17.1. The zero-order valence-electron chi connectivity index (χ0n) is 18.6. The van der Waals surface area contributed by atoms with Gasteiger partial charge in [-0.1, -0.05) is 76.8 Å². The summed E-state index contributed by atoms with van der Waals surface area (Å²) in [7, 11) is 0. The van der Waals surface area contributed by atoms with E-state index >= 15 is 0 Å². The monoisotopic (exact) mass is 401 g/mol. The molecular formula is C27H31NO2. The van der Waals surface area contributed by atoms with Crippen LogP contribution < -0.4 is 5.73 Å². The maximum Gasteiger partial charge on any atom is 0.228 e. The van der Waals surface area contributed by atoms with Gasteiger partial charge in [0.15, 0.2) is 0 Å². The molecule has 2 N–H and O–H groups in total. The van der Waals surface area contributed by atoms with E-state index in [2.05, 4.69) is 65.5 Å². The third-order valence-corrected chi connectivity index (χ3v) is 6.28. The number of aldehydes is 1. The highest BCUT2D eigenvalue weighted by atomic mass is 16.2. The van der Waals surface area contributed by atoms with E-state index < -0.39 is 11.8 Å². The largest absolute Gasteiger partial charge is 0.369 e. The molecule has 3 heteroatoms. The Kier molecular flexibility index (Phi) is 5.60. The summed E-state index contributed by atoms with van der Waals surface area (Å²) in [6, 6.07) is 12.5. The number of carbonyl (C=O) groups excluding carboxylic acids is 2. The molecule has 156 valence electrons. The first kappa shape index (κ1) is 21.8. The van der Waals surface area contributed by atoms with Crippen LogP contribution in [0.25, 0.3) is 5.57 Å². The SMILES string of the molecule is C=C(c1ccc(CC(C=O)C(N)=O)cc1)c1cc2c(cc1C)C(C)(C)C=CC2(C)C. The molecule has 2 aromatic rings. The minimum absolute atomic E-state index is 0.00662.